The molecule has 0 aliphatic heterocycles. The molecule has 2 rings (SSSR count). The Balaban J connectivity index is 1.94. The number of aromatic nitrogens is 3. The van der Waals surface area contributed by atoms with Crippen LogP contribution in [0.2, 0.25) is 0 Å². The summed E-state index contributed by atoms with van der Waals surface area (Å²) in [6.45, 7) is 0.107. The van der Waals surface area contributed by atoms with Crippen LogP contribution >= 0.6 is 0 Å². The van der Waals surface area contributed by atoms with Gasteiger partial charge in [-0.25, -0.2) is 0 Å². The molecule has 0 saturated carbocycles. The van der Waals surface area contributed by atoms with Crippen molar-refractivity contribution in [1.29, 1.82) is 0 Å². The zero-order valence-electron chi connectivity index (χ0n) is 10.1. The minimum atomic E-state index is -4.14. The highest BCUT2D eigenvalue weighted by Crippen LogP contribution is 2.18. The molecule has 1 aromatic heterocycles. The molecule has 2 aromatic rings. The van der Waals surface area contributed by atoms with Gasteiger partial charge < -0.3 is 5.32 Å². The van der Waals surface area contributed by atoms with Crippen LogP contribution in [0.25, 0.3) is 5.69 Å². The SMILES string of the molecule is FC(F)(F)CCNCc1nncn1-c1ccccc1. The van der Waals surface area contributed by atoms with E-state index in [1.165, 1.54) is 6.33 Å². The lowest BCUT2D eigenvalue weighted by atomic mass is 10.3. The molecule has 0 atom stereocenters. The molecule has 19 heavy (non-hydrogen) atoms. The average Bonchev–Trinajstić information content (AvgIpc) is 2.83. The topological polar surface area (TPSA) is 42.7 Å². The van der Waals surface area contributed by atoms with E-state index in [-0.39, 0.29) is 13.1 Å². The predicted octanol–water partition coefficient (Wildman–Crippen LogP) is 2.31. The van der Waals surface area contributed by atoms with Crippen molar-refractivity contribution >= 4 is 0 Å². The zero-order chi connectivity index (χ0) is 13.7. The van der Waals surface area contributed by atoms with Crippen molar-refractivity contribution in [2.75, 3.05) is 6.54 Å². The Kier molecular flexibility index (Phi) is 4.16. The first-order chi connectivity index (χ1) is 9.06. The number of benzene rings is 1. The first-order valence-corrected chi connectivity index (χ1v) is 5.78. The summed E-state index contributed by atoms with van der Waals surface area (Å²) < 4.78 is 37.7. The van der Waals surface area contributed by atoms with Gasteiger partial charge in [-0.05, 0) is 12.1 Å². The van der Waals surface area contributed by atoms with Crippen LogP contribution in [0.1, 0.15) is 12.2 Å². The third kappa shape index (κ3) is 4.06. The highest BCUT2D eigenvalue weighted by Gasteiger charge is 2.25. The van der Waals surface area contributed by atoms with Crippen LogP contribution in [0.5, 0.6) is 0 Å². The summed E-state index contributed by atoms with van der Waals surface area (Å²) in [4.78, 5) is 0. The Bertz CT molecular complexity index is 507. The maximum atomic E-state index is 12.0. The predicted molar refractivity (Wildman–Crippen MR) is 63.7 cm³/mol. The first kappa shape index (κ1) is 13.5. The fourth-order valence-electron chi connectivity index (χ4n) is 1.61. The van der Waals surface area contributed by atoms with E-state index in [0.717, 1.165) is 5.69 Å². The minimum Gasteiger partial charge on any atom is -0.309 e. The normalized spacial score (nSPS) is 11.7. The molecule has 0 amide bonds. The quantitative estimate of drug-likeness (QED) is 0.848. The van der Waals surface area contributed by atoms with Gasteiger partial charge in [-0.1, -0.05) is 18.2 Å². The van der Waals surface area contributed by atoms with Crippen LogP contribution in [-0.4, -0.2) is 27.5 Å². The Morgan fingerprint density at radius 3 is 2.58 bits per heavy atom. The Labute approximate surface area is 108 Å². The number of rotatable bonds is 5. The standard InChI is InChI=1S/C12H13F3N4/c13-12(14,15)6-7-16-8-11-18-17-9-19(11)10-4-2-1-3-5-10/h1-5,9,16H,6-8H2. The van der Waals surface area contributed by atoms with Crippen LogP contribution in [0.4, 0.5) is 13.2 Å². The molecule has 0 aliphatic carbocycles. The lowest BCUT2D eigenvalue weighted by Gasteiger charge is -2.09. The molecule has 0 fully saturated rings. The Hall–Kier alpha value is -1.89. The van der Waals surface area contributed by atoms with Crippen LogP contribution in [0, 0.1) is 0 Å². The highest BCUT2D eigenvalue weighted by atomic mass is 19.4. The van der Waals surface area contributed by atoms with Crippen molar-refractivity contribution in [3.05, 3.63) is 42.5 Å². The van der Waals surface area contributed by atoms with Crippen LogP contribution in [0.3, 0.4) is 0 Å². The molecule has 0 bridgehead atoms. The van der Waals surface area contributed by atoms with E-state index < -0.39 is 12.6 Å². The van der Waals surface area contributed by atoms with E-state index in [2.05, 4.69) is 15.5 Å². The van der Waals surface area contributed by atoms with Gasteiger partial charge in [0.1, 0.15) is 6.33 Å². The van der Waals surface area contributed by atoms with Crippen molar-refractivity contribution in [1.82, 2.24) is 20.1 Å². The van der Waals surface area contributed by atoms with Gasteiger partial charge in [0, 0.05) is 12.2 Å². The first-order valence-electron chi connectivity index (χ1n) is 5.78. The van der Waals surface area contributed by atoms with Gasteiger partial charge in [0.2, 0.25) is 0 Å². The summed E-state index contributed by atoms with van der Waals surface area (Å²) in [6, 6.07) is 9.38. The van der Waals surface area contributed by atoms with E-state index >= 15 is 0 Å². The molecule has 1 aromatic carbocycles. The van der Waals surface area contributed by atoms with Crippen LogP contribution < -0.4 is 5.32 Å². The van der Waals surface area contributed by atoms with Crippen molar-refractivity contribution in [3.63, 3.8) is 0 Å². The van der Waals surface area contributed by atoms with Gasteiger partial charge in [-0.3, -0.25) is 4.57 Å². The summed E-state index contributed by atoms with van der Waals surface area (Å²) in [5, 5.41) is 10.4. The molecular formula is C12H13F3N4. The third-order valence-corrected chi connectivity index (χ3v) is 2.52. The van der Waals surface area contributed by atoms with Gasteiger partial charge in [0.15, 0.2) is 5.82 Å². The summed E-state index contributed by atoms with van der Waals surface area (Å²) in [6.07, 6.45) is -3.46. The number of halogens is 3. The van der Waals surface area contributed by atoms with E-state index in [0.29, 0.717) is 5.82 Å². The average molecular weight is 270 g/mol. The lowest BCUT2D eigenvalue weighted by molar-refractivity contribution is -0.133. The summed E-state index contributed by atoms with van der Waals surface area (Å²) >= 11 is 0. The monoisotopic (exact) mass is 270 g/mol. The third-order valence-electron chi connectivity index (χ3n) is 2.52. The maximum Gasteiger partial charge on any atom is 0.390 e. The molecule has 4 nitrogen and oxygen atoms in total. The van der Waals surface area contributed by atoms with Gasteiger partial charge in [0.25, 0.3) is 0 Å². The smallest absolute Gasteiger partial charge is 0.309 e. The summed E-state index contributed by atoms with van der Waals surface area (Å²) in [5.74, 6) is 0.577. The fraction of sp³-hybridized carbons (Fsp3) is 0.333. The highest BCUT2D eigenvalue weighted by molar-refractivity contribution is 5.31. The van der Waals surface area contributed by atoms with Crippen molar-refractivity contribution in [2.24, 2.45) is 0 Å². The number of hydrogen-bond donors (Lipinski definition) is 1. The molecule has 0 spiro atoms. The second-order valence-corrected chi connectivity index (χ2v) is 3.99. The minimum absolute atomic E-state index is 0.134. The van der Waals surface area contributed by atoms with Gasteiger partial charge in [-0.15, -0.1) is 10.2 Å². The molecule has 0 aliphatic rings. The molecule has 102 valence electrons. The number of para-hydroxylation sites is 1. The molecule has 7 heteroatoms. The van der Waals surface area contributed by atoms with Gasteiger partial charge >= 0.3 is 6.18 Å². The molecule has 0 radical (unpaired) electrons. The number of nitrogens with one attached hydrogen (secondary N) is 1. The molecule has 0 saturated heterocycles. The molecule has 0 unspecified atom stereocenters. The number of alkyl halides is 3. The number of nitrogens with zero attached hydrogens (tertiary/aromatic N) is 3. The zero-order valence-corrected chi connectivity index (χ0v) is 10.1. The van der Waals surface area contributed by atoms with Crippen LogP contribution in [-0.2, 0) is 6.54 Å². The van der Waals surface area contributed by atoms with Gasteiger partial charge in [-0.2, -0.15) is 13.2 Å². The summed E-state index contributed by atoms with van der Waals surface area (Å²) in [5.41, 5.74) is 0.875. The van der Waals surface area contributed by atoms with E-state index in [1.54, 1.807) is 4.57 Å². The van der Waals surface area contributed by atoms with E-state index in [4.69, 9.17) is 0 Å². The van der Waals surface area contributed by atoms with Crippen molar-refractivity contribution < 1.29 is 13.2 Å². The van der Waals surface area contributed by atoms with E-state index in [1.807, 2.05) is 30.3 Å². The van der Waals surface area contributed by atoms with Gasteiger partial charge in [0.05, 0.1) is 13.0 Å². The molecular weight excluding hydrogens is 257 g/mol. The van der Waals surface area contributed by atoms with E-state index in [9.17, 15) is 13.2 Å². The number of hydrogen-bond acceptors (Lipinski definition) is 3. The van der Waals surface area contributed by atoms with Crippen molar-refractivity contribution in [2.45, 2.75) is 19.1 Å². The lowest BCUT2D eigenvalue weighted by Crippen LogP contribution is -2.22. The second kappa shape index (κ2) is 5.83. The van der Waals surface area contributed by atoms with Crippen LogP contribution in [0.15, 0.2) is 36.7 Å². The summed E-state index contributed by atoms with van der Waals surface area (Å²) in [7, 11) is 0. The van der Waals surface area contributed by atoms with Crippen molar-refractivity contribution in [3.8, 4) is 5.69 Å². The molecule has 1 N–H and O–H groups in total. The molecule has 1 heterocycles. The second-order valence-electron chi connectivity index (χ2n) is 3.99. The fourth-order valence-corrected chi connectivity index (χ4v) is 1.61. The largest absolute Gasteiger partial charge is 0.390 e. The Morgan fingerprint density at radius 2 is 1.89 bits per heavy atom. The Morgan fingerprint density at radius 1 is 1.16 bits per heavy atom. The maximum absolute atomic E-state index is 12.0.